The van der Waals surface area contributed by atoms with Crippen LogP contribution in [-0.2, 0) is 19.9 Å². The first-order chi connectivity index (χ1) is 14.3. The fraction of sp³-hybridized carbons (Fsp3) is 0. The molecule has 1 heterocycles. The maximum Gasteiger partial charge on any atom is 0.268 e. The number of hydrogen-bond donors (Lipinski definition) is 0. The Morgan fingerprint density at radius 2 is 1.13 bits per heavy atom. The fourth-order valence-corrected chi connectivity index (χ4v) is 5.41. The maximum absolute atomic E-state index is 12.7. The van der Waals surface area contributed by atoms with E-state index < -0.39 is 19.9 Å². The summed E-state index contributed by atoms with van der Waals surface area (Å²) in [6.07, 6.45) is 3.98. The van der Waals surface area contributed by atoms with Gasteiger partial charge in [-0.3, -0.25) is 0 Å². The number of nitrogens with zero attached hydrogens (tertiary/aromatic N) is 2. The van der Waals surface area contributed by atoms with Crippen LogP contribution in [0.5, 0.6) is 0 Å². The molecule has 0 spiro atoms. The van der Waals surface area contributed by atoms with Gasteiger partial charge >= 0.3 is 0 Å². The molecule has 0 fully saturated rings. The van der Waals surface area contributed by atoms with Crippen LogP contribution in [0, 0.1) is 0 Å². The number of rotatable bonds is 5. The first-order valence-electron chi connectivity index (χ1n) is 8.73. The molecule has 4 aromatic rings. The monoisotopic (exact) mass is 458 g/mol. The van der Waals surface area contributed by atoms with Crippen molar-refractivity contribution >= 4 is 31.5 Å². The van der Waals surface area contributed by atoms with Gasteiger partial charge in [-0.1, -0.05) is 35.9 Å². The van der Waals surface area contributed by atoms with E-state index in [4.69, 9.17) is 11.6 Å². The van der Waals surface area contributed by atoms with Gasteiger partial charge in [0.2, 0.25) is 9.84 Å². The summed E-state index contributed by atoms with van der Waals surface area (Å²) in [6.45, 7) is 0. The number of aromatic nitrogens is 2. The second-order valence-corrected chi connectivity index (χ2v) is 10.6. The predicted octanol–water partition coefficient (Wildman–Crippen LogP) is 4.27. The lowest BCUT2D eigenvalue weighted by Crippen LogP contribution is -2.10. The molecule has 0 aliphatic rings. The van der Waals surface area contributed by atoms with Crippen LogP contribution >= 0.6 is 11.6 Å². The lowest BCUT2D eigenvalue weighted by Gasteiger charge is -2.08. The molecule has 0 atom stereocenters. The molecule has 3 aromatic carbocycles. The van der Waals surface area contributed by atoms with Crippen LogP contribution in [0.15, 0.2) is 106 Å². The topological polar surface area (TPSA) is 86.1 Å². The standard InChI is InChI=1S/C21H15ClN2O4S2/c22-18-5-11-20(12-6-18)29(25,26)19-7-1-16(2-8-19)17-3-9-21(10-4-17)30(27,28)24-14-13-23-15-24/h1-15H. The molecule has 0 aliphatic heterocycles. The second kappa shape index (κ2) is 7.71. The molecule has 0 saturated carbocycles. The molecule has 6 nitrogen and oxygen atoms in total. The average Bonchev–Trinajstić information content (AvgIpc) is 3.30. The average molecular weight is 459 g/mol. The van der Waals surface area contributed by atoms with Crippen molar-refractivity contribution in [3.63, 3.8) is 0 Å². The minimum atomic E-state index is -3.69. The summed E-state index contributed by atoms with van der Waals surface area (Å²) in [5.74, 6) is 0. The Morgan fingerprint density at radius 1 is 0.667 bits per heavy atom. The van der Waals surface area contributed by atoms with Crippen molar-refractivity contribution in [2.24, 2.45) is 0 Å². The van der Waals surface area contributed by atoms with Gasteiger partial charge in [0.25, 0.3) is 10.0 Å². The van der Waals surface area contributed by atoms with E-state index in [1.165, 1.54) is 67.3 Å². The van der Waals surface area contributed by atoms with E-state index in [0.29, 0.717) is 5.02 Å². The summed E-state index contributed by atoms with van der Waals surface area (Å²) in [5, 5.41) is 0.461. The Balaban J connectivity index is 1.61. The van der Waals surface area contributed by atoms with E-state index in [1.807, 2.05) is 0 Å². The van der Waals surface area contributed by atoms with Crippen molar-refractivity contribution in [2.45, 2.75) is 14.7 Å². The zero-order valence-electron chi connectivity index (χ0n) is 15.4. The molecular weight excluding hydrogens is 444 g/mol. The second-order valence-electron chi connectivity index (χ2n) is 6.40. The van der Waals surface area contributed by atoms with Crippen LogP contribution in [0.2, 0.25) is 5.02 Å². The van der Waals surface area contributed by atoms with Gasteiger partial charge in [-0.2, -0.15) is 0 Å². The Morgan fingerprint density at radius 3 is 1.60 bits per heavy atom. The van der Waals surface area contributed by atoms with E-state index in [2.05, 4.69) is 4.98 Å². The maximum atomic E-state index is 12.7. The third kappa shape index (κ3) is 3.77. The zero-order valence-corrected chi connectivity index (χ0v) is 17.8. The van der Waals surface area contributed by atoms with Crippen LogP contribution < -0.4 is 0 Å². The van der Waals surface area contributed by atoms with Gasteiger partial charge in [-0.05, 0) is 59.7 Å². The van der Waals surface area contributed by atoms with Gasteiger partial charge < -0.3 is 0 Å². The molecule has 4 rings (SSSR count). The molecule has 9 heteroatoms. The number of benzene rings is 3. The quantitative estimate of drug-likeness (QED) is 0.445. The van der Waals surface area contributed by atoms with Crippen molar-refractivity contribution in [2.75, 3.05) is 0 Å². The zero-order chi connectivity index (χ0) is 21.4. The number of hydrogen-bond acceptors (Lipinski definition) is 5. The molecule has 0 bridgehead atoms. The molecule has 1 aromatic heterocycles. The molecule has 0 saturated heterocycles. The molecule has 0 N–H and O–H groups in total. The number of imidazole rings is 1. The summed E-state index contributed by atoms with van der Waals surface area (Å²) >= 11 is 5.83. The van der Waals surface area contributed by atoms with Crippen molar-refractivity contribution in [3.8, 4) is 11.1 Å². The first kappa shape index (κ1) is 20.3. The fourth-order valence-electron chi connectivity index (χ4n) is 2.91. The predicted molar refractivity (Wildman–Crippen MR) is 114 cm³/mol. The third-order valence-electron chi connectivity index (χ3n) is 4.53. The molecular formula is C21H15ClN2O4S2. The van der Waals surface area contributed by atoms with Crippen LogP contribution in [-0.4, -0.2) is 25.8 Å². The van der Waals surface area contributed by atoms with Gasteiger partial charge in [0, 0.05) is 17.4 Å². The highest BCUT2D eigenvalue weighted by atomic mass is 35.5. The SMILES string of the molecule is O=S(=O)(c1ccc(Cl)cc1)c1ccc(-c2ccc(S(=O)(=O)n3ccnc3)cc2)cc1. The molecule has 152 valence electrons. The van der Waals surface area contributed by atoms with Gasteiger partial charge in [0.15, 0.2) is 0 Å². The first-order valence-corrected chi connectivity index (χ1v) is 12.0. The summed E-state index contributed by atoms with van der Waals surface area (Å²) in [7, 11) is -7.34. The van der Waals surface area contributed by atoms with Gasteiger partial charge in [0.05, 0.1) is 14.7 Å². The Bertz CT molecular complexity index is 1380. The van der Waals surface area contributed by atoms with Crippen LogP contribution in [0.3, 0.4) is 0 Å². The van der Waals surface area contributed by atoms with Crippen molar-refractivity contribution < 1.29 is 16.8 Å². The van der Waals surface area contributed by atoms with E-state index in [0.717, 1.165) is 15.1 Å². The summed E-state index contributed by atoms with van der Waals surface area (Å²) in [4.78, 5) is 4.21. The van der Waals surface area contributed by atoms with Crippen molar-refractivity contribution in [1.82, 2.24) is 8.96 Å². The van der Waals surface area contributed by atoms with Gasteiger partial charge in [-0.25, -0.2) is 25.8 Å². The van der Waals surface area contributed by atoms with E-state index in [-0.39, 0.29) is 14.7 Å². The normalized spacial score (nSPS) is 12.0. The summed E-state index contributed by atoms with van der Waals surface area (Å²) < 4.78 is 51.5. The molecule has 30 heavy (non-hydrogen) atoms. The molecule has 0 unspecified atom stereocenters. The van der Waals surface area contributed by atoms with Gasteiger partial charge in [-0.15, -0.1) is 0 Å². The molecule has 0 aliphatic carbocycles. The minimum absolute atomic E-state index is 0.131. The van der Waals surface area contributed by atoms with E-state index in [9.17, 15) is 16.8 Å². The van der Waals surface area contributed by atoms with Gasteiger partial charge in [0.1, 0.15) is 6.33 Å². The Labute approximate surface area is 179 Å². The highest BCUT2D eigenvalue weighted by Gasteiger charge is 2.18. The smallest absolute Gasteiger partial charge is 0.244 e. The lowest BCUT2D eigenvalue weighted by atomic mass is 10.1. The van der Waals surface area contributed by atoms with Crippen molar-refractivity contribution in [1.29, 1.82) is 0 Å². The van der Waals surface area contributed by atoms with Crippen LogP contribution in [0.4, 0.5) is 0 Å². The number of sulfone groups is 1. The highest BCUT2D eigenvalue weighted by Crippen LogP contribution is 2.27. The summed E-state index contributed by atoms with van der Waals surface area (Å²) in [5.41, 5.74) is 1.52. The minimum Gasteiger partial charge on any atom is -0.244 e. The highest BCUT2D eigenvalue weighted by molar-refractivity contribution is 7.91. The third-order valence-corrected chi connectivity index (χ3v) is 8.21. The van der Waals surface area contributed by atoms with E-state index >= 15 is 0 Å². The van der Waals surface area contributed by atoms with Crippen LogP contribution in [0.1, 0.15) is 0 Å². The van der Waals surface area contributed by atoms with Crippen molar-refractivity contribution in [3.05, 3.63) is 96.5 Å². The number of halogens is 1. The lowest BCUT2D eigenvalue weighted by molar-refractivity contribution is 0.587. The molecule has 0 amide bonds. The van der Waals surface area contributed by atoms with Crippen LogP contribution in [0.25, 0.3) is 11.1 Å². The largest absolute Gasteiger partial charge is 0.268 e. The summed E-state index contributed by atoms with van der Waals surface area (Å²) in [6, 6.07) is 18.8. The molecule has 0 radical (unpaired) electrons. The van der Waals surface area contributed by atoms with E-state index in [1.54, 1.807) is 24.3 Å². The Hall–Kier alpha value is -2.94. The Kier molecular flexibility index (Phi) is 5.23.